The van der Waals surface area contributed by atoms with Crippen LogP contribution >= 0.6 is 0 Å². The Balaban J connectivity index is 2.18. The summed E-state index contributed by atoms with van der Waals surface area (Å²) in [5, 5.41) is 2.71. The monoisotopic (exact) mass is 287 g/mol. The number of amides is 1. The van der Waals surface area contributed by atoms with Crippen molar-refractivity contribution in [2.24, 2.45) is 0 Å². The molecule has 2 aromatic rings. The predicted molar refractivity (Wildman–Crippen MR) is 76.9 cm³/mol. The van der Waals surface area contributed by atoms with Gasteiger partial charge in [-0.3, -0.25) is 9.59 Å². The fourth-order valence-corrected chi connectivity index (χ4v) is 2.08. The van der Waals surface area contributed by atoms with Crippen LogP contribution in [0.3, 0.4) is 0 Å². The van der Waals surface area contributed by atoms with Crippen molar-refractivity contribution in [1.29, 1.82) is 0 Å². The number of esters is 1. The molecule has 1 atom stereocenters. The maximum Gasteiger partial charge on any atom is 0.317 e. The Kier molecular flexibility index (Phi) is 4.42. The minimum Gasteiger partial charge on any atom is -0.468 e. The van der Waals surface area contributed by atoms with E-state index in [0.717, 1.165) is 5.56 Å². The first kappa shape index (κ1) is 14.8. The molecular formula is C16H17NO4. The smallest absolute Gasteiger partial charge is 0.317 e. The highest BCUT2D eigenvalue weighted by Crippen LogP contribution is 2.24. The van der Waals surface area contributed by atoms with Crippen LogP contribution in [0.25, 0.3) is 0 Å². The summed E-state index contributed by atoms with van der Waals surface area (Å²) in [4.78, 5) is 24.1. The summed E-state index contributed by atoms with van der Waals surface area (Å²) in [6, 6.07) is 12.4. The summed E-state index contributed by atoms with van der Waals surface area (Å²) in [7, 11) is 1.33. The molecule has 2 rings (SSSR count). The Morgan fingerprint density at radius 3 is 2.48 bits per heavy atom. The van der Waals surface area contributed by atoms with Crippen molar-refractivity contribution in [3.8, 4) is 0 Å². The number of furan rings is 1. The summed E-state index contributed by atoms with van der Waals surface area (Å²) in [6.45, 7) is 1.85. The van der Waals surface area contributed by atoms with Gasteiger partial charge in [-0.05, 0) is 24.6 Å². The lowest BCUT2D eigenvalue weighted by Crippen LogP contribution is -2.45. The van der Waals surface area contributed by atoms with Gasteiger partial charge in [0.05, 0.1) is 13.4 Å². The highest BCUT2D eigenvalue weighted by molar-refractivity contribution is 5.92. The first-order valence-corrected chi connectivity index (χ1v) is 6.53. The number of hydrogen-bond acceptors (Lipinski definition) is 4. The molecule has 0 fully saturated rings. The van der Waals surface area contributed by atoms with Crippen molar-refractivity contribution >= 4 is 11.9 Å². The van der Waals surface area contributed by atoms with Crippen LogP contribution in [0.4, 0.5) is 0 Å². The number of nitrogens with one attached hydrogen (secondary N) is 1. The lowest BCUT2D eigenvalue weighted by Gasteiger charge is -2.27. The number of ether oxygens (including phenoxy) is 1. The van der Waals surface area contributed by atoms with Crippen molar-refractivity contribution < 1.29 is 18.7 Å². The van der Waals surface area contributed by atoms with E-state index in [-0.39, 0.29) is 18.2 Å². The SMILES string of the molecule is COC(=O)C(C)(CNC(=O)c1ccco1)c1ccccc1. The number of carbonyl (C=O) groups excluding carboxylic acids is 2. The average Bonchev–Trinajstić information content (AvgIpc) is 3.06. The summed E-state index contributed by atoms with van der Waals surface area (Å²) in [5.74, 6) is -0.574. The molecule has 0 bridgehead atoms. The number of hydrogen-bond donors (Lipinski definition) is 1. The Labute approximate surface area is 122 Å². The molecule has 1 aromatic heterocycles. The summed E-state index contributed by atoms with van der Waals surface area (Å²) in [6.07, 6.45) is 1.42. The van der Waals surface area contributed by atoms with E-state index in [2.05, 4.69) is 5.32 Å². The molecule has 0 spiro atoms. The second-order valence-electron chi connectivity index (χ2n) is 4.85. The van der Waals surface area contributed by atoms with Crippen molar-refractivity contribution in [3.05, 3.63) is 60.1 Å². The lowest BCUT2D eigenvalue weighted by molar-refractivity contribution is -0.146. The summed E-state index contributed by atoms with van der Waals surface area (Å²) in [5.41, 5.74) is -0.185. The van der Waals surface area contributed by atoms with Gasteiger partial charge in [0.25, 0.3) is 5.91 Å². The van der Waals surface area contributed by atoms with Gasteiger partial charge in [0, 0.05) is 6.54 Å². The van der Waals surface area contributed by atoms with Crippen LogP contribution in [0.5, 0.6) is 0 Å². The fourth-order valence-electron chi connectivity index (χ4n) is 2.08. The molecule has 1 N–H and O–H groups in total. The zero-order valence-electron chi connectivity index (χ0n) is 12.0. The van der Waals surface area contributed by atoms with Gasteiger partial charge in [0.2, 0.25) is 0 Å². The average molecular weight is 287 g/mol. The van der Waals surface area contributed by atoms with Gasteiger partial charge in [-0.1, -0.05) is 30.3 Å². The second-order valence-corrected chi connectivity index (χ2v) is 4.85. The molecule has 21 heavy (non-hydrogen) atoms. The molecule has 0 saturated carbocycles. The minimum absolute atomic E-state index is 0.114. The molecule has 5 nitrogen and oxygen atoms in total. The standard InChI is InChI=1S/C16H17NO4/c1-16(15(19)20-2,12-7-4-3-5-8-12)11-17-14(18)13-9-6-10-21-13/h3-10H,11H2,1-2H3,(H,17,18). The van der Waals surface area contributed by atoms with Crippen LogP contribution in [-0.2, 0) is 14.9 Å². The highest BCUT2D eigenvalue weighted by Gasteiger charge is 2.37. The molecule has 0 radical (unpaired) electrons. The first-order valence-electron chi connectivity index (χ1n) is 6.53. The van der Waals surface area contributed by atoms with E-state index in [1.807, 2.05) is 30.3 Å². The minimum atomic E-state index is -0.960. The van der Waals surface area contributed by atoms with E-state index in [0.29, 0.717) is 0 Å². The largest absolute Gasteiger partial charge is 0.468 e. The van der Waals surface area contributed by atoms with Crippen LogP contribution in [-0.4, -0.2) is 25.5 Å². The Morgan fingerprint density at radius 2 is 1.90 bits per heavy atom. The van der Waals surface area contributed by atoms with E-state index in [1.54, 1.807) is 19.1 Å². The molecule has 110 valence electrons. The molecular weight excluding hydrogens is 270 g/mol. The van der Waals surface area contributed by atoms with Crippen molar-refractivity contribution in [2.45, 2.75) is 12.3 Å². The highest BCUT2D eigenvalue weighted by atomic mass is 16.5. The molecule has 1 heterocycles. The normalized spacial score (nSPS) is 13.2. The molecule has 1 unspecified atom stereocenters. The van der Waals surface area contributed by atoms with E-state index >= 15 is 0 Å². The maximum absolute atomic E-state index is 12.1. The van der Waals surface area contributed by atoms with E-state index in [9.17, 15) is 9.59 Å². The van der Waals surface area contributed by atoms with Crippen LogP contribution < -0.4 is 5.32 Å². The maximum atomic E-state index is 12.1. The molecule has 0 aliphatic carbocycles. The lowest BCUT2D eigenvalue weighted by atomic mass is 9.82. The van der Waals surface area contributed by atoms with Crippen LogP contribution in [0, 0.1) is 0 Å². The van der Waals surface area contributed by atoms with Gasteiger partial charge < -0.3 is 14.5 Å². The quantitative estimate of drug-likeness (QED) is 0.855. The van der Waals surface area contributed by atoms with Crippen molar-refractivity contribution in [3.63, 3.8) is 0 Å². The molecule has 1 amide bonds. The van der Waals surface area contributed by atoms with E-state index in [4.69, 9.17) is 9.15 Å². The third kappa shape index (κ3) is 3.13. The predicted octanol–water partition coefficient (Wildman–Crippen LogP) is 2.14. The van der Waals surface area contributed by atoms with Gasteiger partial charge in [-0.25, -0.2) is 0 Å². The molecule has 0 aliphatic rings. The van der Waals surface area contributed by atoms with Gasteiger partial charge in [0.15, 0.2) is 5.76 Å². The van der Waals surface area contributed by atoms with E-state index in [1.165, 1.54) is 13.4 Å². The zero-order valence-corrected chi connectivity index (χ0v) is 12.0. The van der Waals surface area contributed by atoms with Crippen LogP contribution in [0.15, 0.2) is 53.1 Å². The third-order valence-electron chi connectivity index (χ3n) is 3.39. The summed E-state index contributed by atoms with van der Waals surface area (Å²) >= 11 is 0. The first-order chi connectivity index (χ1) is 10.1. The molecule has 0 saturated heterocycles. The second kappa shape index (κ2) is 6.26. The number of methoxy groups -OCH3 is 1. The third-order valence-corrected chi connectivity index (χ3v) is 3.39. The Hall–Kier alpha value is -2.56. The Morgan fingerprint density at radius 1 is 1.19 bits per heavy atom. The zero-order chi connectivity index (χ0) is 15.3. The van der Waals surface area contributed by atoms with Crippen molar-refractivity contribution in [1.82, 2.24) is 5.32 Å². The topological polar surface area (TPSA) is 68.5 Å². The van der Waals surface area contributed by atoms with Gasteiger partial charge in [-0.15, -0.1) is 0 Å². The number of carbonyl (C=O) groups is 2. The van der Waals surface area contributed by atoms with E-state index < -0.39 is 11.4 Å². The Bertz CT molecular complexity index is 606. The van der Waals surface area contributed by atoms with Gasteiger partial charge in [0.1, 0.15) is 5.41 Å². The van der Waals surface area contributed by atoms with Crippen LogP contribution in [0.1, 0.15) is 23.0 Å². The van der Waals surface area contributed by atoms with Crippen LogP contribution in [0.2, 0.25) is 0 Å². The van der Waals surface area contributed by atoms with Crippen molar-refractivity contribution in [2.75, 3.05) is 13.7 Å². The molecule has 1 aromatic carbocycles. The molecule has 0 aliphatic heterocycles. The summed E-state index contributed by atoms with van der Waals surface area (Å²) < 4.78 is 9.90. The van der Waals surface area contributed by atoms with Gasteiger partial charge >= 0.3 is 5.97 Å². The molecule has 5 heteroatoms. The number of rotatable bonds is 5. The number of benzene rings is 1. The fraction of sp³-hybridized carbons (Fsp3) is 0.250. The van der Waals surface area contributed by atoms with Gasteiger partial charge in [-0.2, -0.15) is 0 Å².